The number of anilines is 3. The number of rotatable bonds is 6. The fourth-order valence-electron chi connectivity index (χ4n) is 5.39. The number of amides is 4. The molecule has 7 nitrogen and oxygen atoms in total. The molecule has 2 heterocycles. The van der Waals surface area contributed by atoms with E-state index in [2.05, 4.69) is 28.8 Å². The van der Waals surface area contributed by atoms with Crippen molar-refractivity contribution in [2.45, 2.75) is 41.7 Å². The van der Waals surface area contributed by atoms with Crippen LogP contribution in [0.3, 0.4) is 0 Å². The Labute approximate surface area is 246 Å². The first-order valence-corrected chi connectivity index (χ1v) is 15.1. The predicted molar refractivity (Wildman–Crippen MR) is 163 cm³/mol. The van der Waals surface area contributed by atoms with Crippen molar-refractivity contribution in [2.24, 2.45) is 0 Å². The van der Waals surface area contributed by atoms with E-state index in [-0.39, 0.29) is 24.3 Å². The third kappa shape index (κ3) is 5.62. The Balaban J connectivity index is 1.16. The Morgan fingerprint density at radius 3 is 2.39 bits per heavy atom. The second kappa shape index (κ2) is 11.6. The molecule has 1 aliphatic heterocycles. The van der Waals surface area contributed by atoms with Gasteiger partial charge in [-0.15, -0.1) is 23.1 Å². The third-order valence-corrected chi connectivity index (χ3v) is 9.76. The summed E-state index contributed by atoms with van der Waals surface area (Å²) in [6, 6.07) is 28.6. The quantitative estimate of drug-likeness (QED) is 0.241. The Kier molecular flexibility index (Phi) is 7.59. The van der Waals surface area contributed by atoms with Gasteiger partial charge >= 0.3 is 6.03 Å². The number of hydrogen-bond acceptors (Lipinski definition) is 6. The number of imide groups is 1. The van der Waals surface area contributed by atoms with Gasteiger partial charge in [0.25, 0.3) is 0 Å². The topological polar surface area (TPSA) is 102 Å². The normalized spacial score (nSPS) is 18.1. The zero-order chi connectivity index (χ0) is 28.3. The maximum Gasteiger partial charge on any atom is 0.323 e. The van der Waals surface area contributed by atoms with Gasteiger partial charge in [-0.1, -0.05) is 54.6 Å². The maximum absolute atomic E-state index is 13.6. The number of thioether (sulfide) groups is 1. The minimum absolute atomic E-state index is 0.0513. The van der Waals surface area contributed by atoms with Crippen LogP contribution in [0.25, 0.3) is 0 Å². The number of urea groups is 1. The van der Waals surface area contributed by atoms with Crippen LogP contribution in [-0.4, -0.2) is 23.1 Å². The molecule has 0 saturated carbocycles. The van der Waals surface area contributed by atoms with Crippen molar-refractivity contribution < 1.29 is 14.4 Å². The van der Waals surface area contributed by atoms with Crippen LogP contribution in [0.5, 0.6) is 0 Å². The molecule has 0 radical (unpaired) electrons. The SMILES string of the molecule is N#Cc1c(N2C(=O)C[C@@H](Sc3cccc(NC(=O)Nc4ccccc4)c3)C2=O)sc2c1CC[C@H](c1ccccc1)C2. The molecule has 0 unspecified atom stereocenters. The zero-order valence-electron chi connectivity index (χ0n) is 22.0. The van der Waals surface area contributed by atoms with Crippen LogP contribution in [0.4, 0.5) is 21.2 Å². The predicted octanol–water partition coefficient (Wildman–Crippen LogP) is 6.96. The number of carbonyl (C=O) groups is 3. The summed E-state index contributed by atoms with van der Waals surface area (Å²) in [5, 5.41) is 15.5. The summed E-state index contributed by atoms with van der Waals surface area (Å²) in [5.41, 5.74) is 3.95. The van der Waals surface area contributed by atoms with E-state index in [1.54, 1.807) is 30.3 Å². The Bertz CT molecular complexity index is 1660. The lowest BCUT2D eigenvalue weighted by molar-refractivity contribution is -0.121. The Morgan fingerprint density at radius 2 is 1.63 bits per heavy atom. The molecular weight excluding hydrogens is 553 g/mol. The van der Waals surface area contributed by atoms with Gasteiger partial charge in [-0.05, 0) is 66.6 Å². The van der Waals surface area contributed by atoms with Crippen molar-refractivity contribution in [1.82, 2.24) is 0 Å². The maximum atomic E-state index is 13.6. The van der Waals surface area contributed by atoms with Crippen molar-refractivity contribution in [2.75, 3.05) is 15.5 Å². The lowest BCUT2D eigenvalue weighted by Crippen LogP contribution is -2.31. The van der Waals surface area contributed by atoms with Gasteiger partial charge in [0.2, 0.25) is 11.8 Å². The first-order chi connectivity index (χ1) is 20.0. The Hall–Kier alpha value is -4.39. The molecule has 1 saturated heterocycles. The van der Waals surface area contributed by atoms with Gasteiger partial charge in [-0.25, -0.2) is 9.69 Å². The third-order valence-electron chi connectivity index (χ3n) is 7.34. The van der Waals surface area contributed by atoms with Crippen LogP contribution in [0.15, 0.2) is 89.8 Å². The molecule has 204 valence electrons. The van der Waals surface area contributed by atoms with Gasteiger partial charge in [-0.2, -0.15) is 5.26 Å². The fourth-order valence-corrected chi connectivity index (χ4v) is 7.90. The first kappa shape index (κ1) is 26.8. The summed E-state index contributed by atoms with van der Waals surface area (Å²) in [6.07, 6.45) is 2.52. The molecule has 2 aliphatic rings. The number of nitriles is 1. The van der Waals surface area contributed by atoms with Crippen molar-refractivity contribution in [3.05, 3.63) is 106 Å². The standard InChI is InChI=1S/C32H26N4O3S2/c33-19-26-25-15-14-21(20-8-3-1-4-9-20)16-27(25)41-31(26)36-29(37)18-28(30(36)38)40-24-13-7-12-23(17-24)35-32(39)34-22-10-5-2-6-11-22/h1-13,17,21,28H,14-16,18H2,(H2,34,35,39)/t21-,28+/m0/s1. The molecule has 0 bridgehead atoms. The van der Waals surface area contributed by atoms with Crippen LogP contribution in [-0.2, 0) is 22.4 Å². The lowest BCUT2D eigenvalue weighted by atomic mass is 9.83. The molecule has 3 aromatic carbocycles. The van der Waals surface area contributed by atoms with E-state index in [1.165, 1.54) is 33.6 Å². The number of benzene rings is 3. The van der Waals surface area contributed by atoms with Crippen LogP contribution in [0, 0.1) is 11.3 Å². The van der Waals surface area contributed by atoms with Crippen molar-refractivity contribution >= 4 is 57.3 Å². The monoisotopic (exact) mass is 578 g/mol. The first-order valence-electron chi connectivity index (χ1n) is 13.4. The van der Waals surface area contributed by atoms with Crippen LogP contribution in [0.2, 0.25) is 0 Å². The smallest absolute Gasteiger partial charge is 0.308 e. The van der Waals surface area contributed by atoms with Gasteiger partial charge in [0.05, 0.1) is 10.8 Å². The molecule has 2 atom stereocenters. The number of carbonyl (C=O) groups excluding carboxylic acids is 3. The van der Waals surface area contributed by atoms with E-state index in [0.717, 1.165) is 34.6 Å². The molecule has 1 aliphatic carbocycles. The van der Waals surface area contributed by atoms with E-state index in [0.29, 0.717) is 27.9 Å². The average molecular weight is 579 g/mol. The van der Waals surface area contributed by atoms with Crippen molar-refractivity contribution in [3.63, 3.8) is 0 Å². The second-order valence-corrected chi connectivity index (χ2v) is 12.4. The molecule has 41 heavy (non-hydrogen) atoms. The molecule has 0 spiro atoms. The minimum atomic E-state index is -0.612. The molecule has 4 aromatic rings. The highest BCUT2D eigenvalue weighted by molar-refractivity contribution is 8.00. The number of fused-ring (bicyclic) bond motifs is 1. The van der Waals surface area contributed by atoms with E-state index in [9.17, 15) is 19.6 Å². The molecule has 1 aromatic heterocycles. The summed E-state index contributed by atoms with van der Waals surface area (Å²) in [6.45, 7) is 0. The summed E-state index contributed by atoms with van der Waals surface area (Å²) in [4.78, 5) is 42.2. The number of hydrogen-bond donors (Lipinski definition) is 2. The molecular formula is C32H26N4O3S2. The summed E-state index contributed by atoms with van der Waals surface area (Å²) >= 11 is 2.70. The van der Waals surface area contributed by atoms with Gasteiger partial charge < -0.3 is 10.6 Å². The average Bonchev–Trinajstić information content (AvgIpc) is 3.48. The molecule has 9 heteroatoms. The molecule has 4 amide bonds. The van der Waals surface area contributed by atoms with E-state index < -0.39 is 5.25 Å². The molecule has 6 rings (SSSR count). The van der Waals surface area contributed by atoms with Crippen molar-refractivity contribution in [3.8, 4) is 6.07 Å². The highest BCUT2D eigenvalue weighted by Crippen LogP contribution is 2.46. The fraction of sp³-hybridized carbons (Fsp3) is 0.188. The number of nitrogens with one attached hydrogen (secondary N) is 2. The highest BCUT2D eigenvalue weighted by atomic mass is 32.2. The van der Waals surface area contributed by atoms with Gasteiger partial charge in [0.15, 0.2) is 0 Å². The van der Waals surface area contributed by atoms with Crippen molar-refractivity contribution in [1.29, 1.82) is 5.26 Å². The number of thiophene rings is 1. The Morgan fingerprint density at radius 1 is 0.927 bits per heavy atom. The zero-order valence-corrected chi connectivity index (χ0v) is 23.6. The summed E-state index contributed by atoms with van der Waals surface area (Å²) in [7, 11) is 0. The van der Waals surface area contributed by atoms with Crippen LogP contribution in [0.1, 0.15) is 40.3 Å². The molecule has 1 fully saturated rings. The lowest BCUT2D eigenvalue weighted by Gasteiger charge is -2.22. The number of nitrogens with zero attached hydrogens (tertiary/aromatic N) is 2. The largest absolute Gasteiger partial charge is 0.323 e. The van der Waals surface area contributed by atoms with Crippen LogP contribution < -0.4 is 15.5 Å². The second-order valence-electron chi connectivity index (χ2n) is 10.00. The molecule has 2 N–H and O–H groups in total. The summed E-state index contributed by atoms with van der Waals surface area (Å²) < 4.78 is 0. The van der Waals surface area contributed by atoms with E-state index in [1.807, 2.05) is 42.5 Å². The number of para-hydroxylation sites is 1. The van der Waals surface area contributed by atoms with Gasteiger partial charge in [-0.3, -0.25) is 9.59 Å². The minimum Gasteiger partial charge on any atom is -0.308 e. The summed E-state index contributed by atoms with van der Waals surface area (Å²) in [5.74, 6) is -0.251. The van der Waals surface area contributed by atoms with Crippen LogP contribution >= 0.6 is 23.1 Å². The van der Waals surface area contributed by atoms with Gasteiger partial charge in [0.1, 0.15) is 11.1 Å². The van der Waals surface area contributed by atoms with E-state index >= 15 is 0 Å². The highest BCUT2D eigenvalue weighted by Gasteiger charge is 2.43. The van der Waals surface area contributed by atoms with E-state index in [4.69, 9.17) is 0 Å². The van der Waals surface area contributed by atoms with Gasteiger partial charge in [0, 0.05) is 27.6 Å².